The maximum Gasteiger partial charge on any atom is 0.234 e. The topological polar surface area (TPSA) is 53.6 Å². The lowest BCUT2D eigenvalue weighted by atomic mass is 10.2. The van der Waals surface area contributed by atoms with Gasteiger partial charge in [0.1, 0.15) is 0 Å². The van der Waals surface area contributed by atoms with Crippen molar-refractivity contribution >= 4 is 5.91 Å². The monoisotopic (exact) mass is 257 g/mol. The van der Waals surface area contributed by atoms with Gasteiger partial charge in [0.2, 0.25) is 5.91 Å². The van der Waals surface area contributed by atoms with E-state index >= 15 is 0 Å². The molecule has 2 atom stereocenters. The smallest absolute Gasteiger partial charge is 0.234 e. The first-order chi connectivity index (χ1) is 8.67. The Labute approximate surface area is 110 Å². The van der Waals surface area contributed by atoms with Crippen LogP contribution in [0.2, 0.25) is 0 Å². The van der Waals surface area contributed by atoms with Crippen LogP contribution in [0.5, 0.6) is 0 Å². The Bertz CT molecular complexity index is 242. The maximum absolute atomic E-state index is 11.9. The summed E-state index contributed by atoms with van der Waals surface area (Å²) in [6, 6.07) is 0.584. The highest BCUT2D eigenvalue weighted by molar-refractivity contribution is 5.78. The minimum Gasteiger partial charge on any atom is -0.383 e. The summed E-state index contributed by atoms with van der Waals surface area (Å²) in [4.78, 5) is 14.2. The third-order valence-electron chi connectivity index (χ3n) is 3.23. The van der Waals surface area contributed by atoms with Gasteiger partial charge in [-0.2, -0.15) is 0 Å². The molecule has 1 saturated heterocycles. The number of rotatable bonds is 8. The molecule has 1 heterocycles. The zero-order chi connectivity index (χ0) is 13.4. The normalized spacial score (nSPS) is 21.2. The molecule has 5 nitrogen and oxygen atoms in total. The van der Waals surface area contributed by atoms with Crippen LogP contribution in [-0.2, 0) is 9.53 Å². The van der Waals surface area contributed by atoms with Crippen LogP contribution < -0.4 is 10.6 Å². The van der Waals surface area contributed by atoms with Crippen LogP contribution in [0, 0.1) is 0 Å². The molecule has 1 fully saturated rings. The van der Waals surface area contributed by atoms with E-state index in [4.69, 9.17) is 4.74 Å². The number of carbonyl (C=O) groups excluding carboxylic acids is 1. The fraction of sp³-hybridized carbons (Fsp3) is 0.923. The van der Waals surface area contributed by atoms with Crippen LogP contribution in [-0.4, -0.2) is 62.8 Å². The molecule has 5 heteroatoms. The summed E-state index contributed by atoms with van der Waals surface area (Å²) in [5.41, 5.74) is 0. The minimum absolute atomic E-state index is 0.0766. The molecule has 2 unspecified atom stereocenters. The molecule has 0 bridgehead atoms. The molecule has 1 amide bonds. The van der Waals surface area contributed by atoms with E-state index in [2.05, 4.69) is 22.5 Å². The largest absolute Gasteiger partial charge is 0.383 e. The molecular formula is C13H27N3O2. The van der Waals surface area contributed by atoms with Gasteiger partial charge in [-0.05, 0) is 32.9 Å². The standard InChI is InChI=1S/C13H27N3O2/c1-4-7-16(12-5-6-14-8-12)9-13(17)15-11(2)10-18-3/h11-12,14H,4-10H2,1-3H3,(H,15,17). The van der Waals surface area contributed by atoms with Gasteiger partial charge in [-0.1, -0.05) is 6.92 Å². The summed E-state index contributed by atoms with van der Waals surface area (Å²) in [5.74, 6) is 0.0971. The average molecular weight is 257 g/mol. The quantitative estimate of drug-likeness (QED) is 0.653. The Morgan fingerprint density at radius 1 is 1.61 bits per heavy atom. The predicted octanol–water partition coefficient (Wildman–Crippen LogP) is 0.211. The number of amides is 1. The molecule has 0 saturated carbocycles. The van der Waals surface area contributed by atoms with Gasteiger partial charge in [-0.25, -0.2) is 0 Å². The lowest BCUT2D eigenvalue weighted by Gasteiger charge is -2.27. The number of carbonyl (C=O) groups is 1. The Morgan fingerprint density at radius 3 is 2.94 bits per heavy atom. The van der Waals surface area contributed by atoms with Crippen molar-refractivity contribution in [3.63, 3.8) is 0 Å². The summed E-state index contributed by atoms with van der Waals surface area (Å²) in [7, 11) is 1.65. The van der Waals surface area contributed by atoms with E-state index in [0.717, 1.165) is 32.5 Å². The molecule has 2 N–H and O–H groups in total. The van der Waals surface area contributed by atoms with E-state index in [1.807, 2.05) is 6.92 Å². The molecule has 0 aromatic heterocycles. The number of methoxy groups -OCH3 is 1. The van der Waals surface area contributed by atoms with E-state index < -0.39 is 0 Å². The highest BCUT2D eigenvalue weighted by Crippen LogP contribution is 2.08. The molecule has 1 aliphatic rings. The van der Waals surface area contributed by atoms with Gasteiger partial charge < -0.3 is 15.4 Å². The molecule has 0 aromatic carbocycles. The Kier molecular flexibility index (Phi) is 7.23. The van der Waals surface area contributed by atoms with Crippen LogP contribution in [0.15, 0.2) is 0 Å². The van der Waals surface area contributed by atoms with Crippen molar-refractivity contribution in [2.24, 2.45) is 0 Å². The van der Waals surface area contributed by atoms with Crippen LogP contribution in [0.1, 0.15) is 26.7 Å². The second kappa shape index (κ2) is 8.45. The van der Waals surface area contributed by atoms with Crippen molar-refractivity contribution in [2.45, 2.75) is 38.8 Å². The lowest BCUT2D eigenvalue weighted by molar-refractivity contribution is -0.123. The number of ether oxygens (including phenoxy) is 1. The molecule has 0 spiro atoms. The van der Waals surface area contributed by atoms with Gasteiger partial charge >= 0.3 is 0 Å². The maximum atomic E-state index is 11.9. The van der Waals surface area contributed by atoms with Gasteiger partial charge in [-0.3, -0.25) is 9.69 Å². The molecule has 1 rings (SSSR count). The van der Waals surface area contributed by atoms with Crippen LogP contribution in [0.4, 0.5) is 0 Å². The van der Waals surface area contributed by atoms with Crippen LogP contribution in [0.3, 0.4) is 0 Å². The van der Waals surface area contributed by atoms with Crippen molar-refractivity contribution in [2.75, 3.05) is 39.9 Å². The van der Waals surface area contributed by atoms with Crippen LogP contribution >= 0.6 is 0 Å². The molecule has 106 valence electrons. The van der Waals surface area contributed by atoms with Crippen molar-refractivity contribution in [3.8, 4) is 0 Å². The first-order valence-electron chi connectivity index (χ1n) is 6.90. The SMILES string of the molecule is CCCN(CC(=O)NC(C)COC)C1CCNC1. The Hall–Kier alpha value is -0.650. The third-order valence-corrected chi connectivity index (χ3v) is 3.23. The highest BCUT2D eigenvalue weighted by Gasteiger charge is 2.23. The fourth-order valence-corrected chi connectivity index (χ4v) is 2.43. The molecule has 0 radical (unpaired) electrons. The summed E-state index contributed by atoms with van der Waals surface area (Å²) >= 11 is 0. The van der Waals surface area contributed by atoms with Gasteiger partial charge in [0, 0.05) is 25.7 Å². The lowest BCUT2D eigenvalue weighted by Crippen LogP contribution is -2.46. The number of nitrogens with one attached hydrogen (secondary N) is 2. The van der Waals surface area contributed by atoms with Crippen molar-refractivity contribution in [3.05, 3.63) is 0 Å². The Morgan fingerprint density at radius 2 is 2.39 bits per heavy atom. The predicted molar refractivity (Wildman–Crippen MR) is 72.6 cm³/mol. The van der Waals surface area contributed by atoms with Gasteiger partial charge in [0.05, 0.1) is 13.2 Å². The second-order valence-corrected chi connectivity index (χ2v) is 5.04. The molecule has 1 aliphatic heterocycles. The zero-order valence-corrected chi connectivity index (χ0v) is 11.9. The van der Waals surface area contributed by atoms with E-state index in [0.29, 0.717) is 19.2 Å². The summed E-state index contributed by atoms with van der Waals surface area (Å²) in [6.07, 6.45) is 2.22. The van der Waals surface area contributed by atoms with Gasteiger partial charge in [0.25, 0.3) is 0 Å². The number of hydrogen-bond donors (Lipinski definition) is 2. The minimum atomic E-state index is 0.0766. The van der Waals surface area contributed by atoms with Gasteiger partial charge in [0.15, 0.2) is 0 Å². The van der Waals surface area contributed by atoms with Crippen molar-refractivity contribution in [1.29, 1.82) is 0 Å². The first kappa shape index (κ1) is 15.4. The van der Waals surface area contributed by atoms with E-state index in [9.17, 15) is 4.79 Å². The zero-order valence-electron chi connectivity index (χ0n) is 11.9. The van der Waals surface area contributed by atoms with E-state index in [1.165, 1.54) is 0 Å². The van der Waals surface area contributed by atoms with Crippen LogP contribution in [0.25, 0.3) is 0 Å². The fourth-order valence-electron chi connectivity index (χ4n) is 2.43. The van der Waals surface area contributed by atoms with Crippen molar-refractivity contribution in [1.82, 2.24) is 15.5 Å². The molecule has 18 heavy (non-hydrogen) atoms. The summed E-state index contributed by atoms with van der Waals surface area (Å²) in [5, 5.41) is 6.32. The third kappa shape index (κ3) is 5.33. The van der Waals surface area contributed by atoms with Crippen molar-refractivity contribution < 1.29 is 9.53 Å². The van der Waals surface area contributed by atoms with E-state index in [1.54, 1.807) is 7.11 Å². The average Bonchev–Trinajstić information content (AvgIpc) is 2.81. The molecule has 0 aromatic rings. The second-order valence-electron chi connectivity index (χ2n) is 5.04. The highest BCUT2D eigenvalue weighted by atomic mass is 16.5. The summed E-state index contributed by atoms with van der Waals surface area (Å²) < 4.78 is 5.02. The molecule has 0 aliphatic carbocycles. The van der Waals surface area contributed by atoms with Gasteiger partial charge in [-0.15, -0.1) is 0 Å². The summed E-state index contributed by atoms with van der Waals surface area (Å²) in [6.45, 7) is 8.22. The Balaban J connectivity index is 2.37. The first-order valence-corrected chi connectivity index (χ1v) is 6.90. The number of nitrogens with zero attached hydrogens (tertiary/aromatic N) is 1. The van der Waals surface area contributed by atoms with E-state index in [-0.39, 0.29) is 11.9 Å². The number of hydrogen-bond acceptors (Lipinski definition) is 4. The molecular weight excluding hydrogens is 230 g/mol.